The van der Waals surface area contributed by atoms with Gasteiger partial charge < -0.3 is 9.15 Å². The lowest BCUT2D eigenvalue weighted by molar-refractivity contribution is -0.384. The number of ether oxygens (including phenoxy) is 1. The van der Waals surface area contributed by atoms with Gasteiger partial charge in [0.15, 0.2) is 0 Å². The minimum absolute atomic E-state index is 0.0920. The number of carbonyl (C=O) groups is 2. The van der Waals surface area contributed by atoms with Crippen molar-refractivity contribution in [2.24, 2.45) is 0 Å². The number of hydrogen-bond donors (Lipinski definition) is 0. The largest absolute Gasteiger partial charge is 0.496 e. The van der Waals surface area contributed by atoms with E-state index in [1.807, 2.05) is 0 Å². The molecular formula is C17H14N2O6S. The Bertz CT molecular complexity index is 933. The Morgan fingerprint density at radius 2 is 2.08 bits per heavy atom. The third-order valence-corrected chi connectivity index (χ3v) is 4.66. The third kappa shape index (κ3) is 3.21. The van der Waals surface area contributed by atoms with Crippen molar-refractivity contribution in [2.45, 2.75) is 6.92 Å². The number of methoxy groups -OCH3 is 1. The summed E-state index contributed by atoms with van der Waals surface area (Å²) >= 11 is 0.858. The molecule has 1 saturated heterocycles. The van der Waals surface area contributed by atoms with Crippen molar-refractivity contribution in [3.63, 3.8) is 0 Å². The Labute approximate surface area is 152 Å². The maximum absolute atomic E-state index is 12.1. The van der Waals surface area contributed by atoms with Crippen LogP contribution >= 0.6 is 11.8 Å². The predicted octanol–water partition coefficient (Wildman–Crippen LogP) is 3.92. The molecular weight excluding hydrogens is 360 g/mol. The molecule has 0 atom stereocenters. The van der Waals surface area contributed by atoms with Crippen LogP contribution in [0, 0.1) is 10.1 Å². The summed E-state index contributed by atoms with van der Waals surface area (Å²) in [6.45, 7) is 2.04. The number of nitrogens with zero attached hydrogens (tertiary/aromatic N) is 2. The summed E-state index contributed by atoms with van der Waals surface area (Å²) in [5.41, 5.74) is 0.449. The van der Waals surface area contributed by atoms with Crippen LogP contribution in [-0.4, -0.2) is 34.6 Å². The first-order chi connectivity index (χ1) is 12.4. The van der Waals surface area contributed by atoms with Crippen LogP contribution in [0.3, 0.4) is 0 Å². The molecule has 8 nitrogen and oxygen atoms in total. The summed E-state index contributed by atoms with van der Waals surface area (Å²) in [6.07, 6.45) is 1.50. The zero-order valence-corrected chi connectivity index (χ0v) is 14.7. The highest BCUT2D eigenvalue weighted by Crippen LogP contribution is 2.36. The van der Waals surface area contributed by atoms with E-state index in [9.17, 15) is 19.7 Å². The number of benzene rings is 1. The molecule has 1 fully saturated rings. The Balaban J connectivity index is 1.92. The van der Waals surface area contributed by atoms with Crippen LogP contribution < -0.4 is 4.74 Å². The van der Waals surface area contributed by atoms with Gasteiger partial charge in [-0.15, -0.1) is 0 Å². The molecule has 26 heavy (non-hydrogen) atoms. The van der Waals surface area contributed by atoms with Gasteiger partial charge >= 0.3 is 0 Å². The highest BCUT2D eigenvalue weighted by atomic mass is 32.2. The van der Waals surface area contributed by atoms with E-state index in [4.69, 9.17) is 9.15 Å². The van der Waals surface area contributed by atoms with Crippen molar-refractivity contribution < 1.29 is 23.7 Å². The molecule has 3 rings (SSSR count). The molecule has 1 aromatic carbocycles. The molecule has 134 valence electrons. The number of thioether (sulfide) groups is 1. The zero-order valence-electron chi connectivity index (χ0n) is 13.9. The second-order valence-corrected chi connectivity index (χ2v) is 6.26. The van der Waals surface area contributed by atoms with Crippen LogP contribution in [0.4, 0.5) is 10.5 Å². The lowest BCUT2D eigenvalue weighted by Crippen LogP contribution is -2.27. The molecule has 2 heterocycles. The fourth-order valence-corrected chi connectivity index (χ4v) is 3.36. The molecule has 0 aliphatic carbocycles. The number of nitro groups is 1. The number of carbonyl (C=O) groups excluding carboxylic acids is 2. The molecule has 2 aromatic rings. The standard InChI is InChI=1S/C17H14N2O6S/c1-3-18-16(20)15(26-17(18)21)9-11-5-7-13(25-11)12-6-4-10(19(22)23)8-14(12)24-2/h4-9H,3H2,1-2H3. The van der Waals surface area contributed by atoms with E-state index in [0.29, 0.717) is 29.4 Å². The van der Waals surface area contributed by atoms with Gasteiger partial charge in [0.25, 0.3) is 16.8 Å². The second kappa shape index (κ2) is 7.04. The minimum Gasteiger partial charge on any atom is -0.496 e. The Morgan fingerprint density at radius 3 is 2.69 bits per heavy atom. The van der Waals surface area contributed by atoms with Crippen LogP contribution in [0.1, 0.15) is 12.7 Å². The molecule has 0 bridgehead atoms. The van der Waals surface area contributed by atoms with E-state index in [1.165, 1.54) is 31.4 Å². The van der Waals surface area contributed by atoms with Gasteiger partial charge in [0.05, 0.1) is 28.6 Å². The molecule has 0 spiro atoms. The van der Waals surface area contributed by atoms with Crippen molar-refractivity contribution in [3.05, 3.63) is 51.1 Å². The van der Waals surface area contributed by atoms with Crippen molar-refractivity contribution in [1.82, 2.24) is 4.90 Å². The Hall–Kier alpha value is -3.07. The molecule has 1 aliphatic heterocycles. The number of amides is 2. The van der Waals surface area contributed by atoms with Crippen molar-refractivity contribution in [3.8, 4) is 17.1 Å². The monoisotopic (exact) mass is 374 g/mol. The normalized spacial score (nSPS) is 15.8. The molecule has 0 N–H and O–H groups in total. The first kappa shape index (κ1) is 17.7. The number of nitro benzene ring substituents is 1. The summed E-state index contributed by atoms with van der Waals surface area (Å²) in [6, 6.07) is 7.51. The summed E-state index contributed by atoms with van der Waals surface area (Å²) in [5, 5.41) is 10.6. The van der Waals surface area contributed by atoms with Gasteiger partial charge in [-0.3, -0.25) is 24.6 Å². The third-order valence-electron chi connectivity index (χ3n) is 3.75. The van der Waals surface area contributed by atoms with Crippen LogP contribution in [0.15, 0.2) is 39.7 Å². The van der Waals surface area contributed by atoms with Gasteiger partial charge in [0.1, 0.15) is 17.3 Å². The topological polar surface area (TPSA) is 103 Å². The SMILES string of the molecule is CCN1C(=O)SC(=Cc2ccc(-c3ccc([N+](=O)[O-])cc3OC)o2)C1=O. The predicted molar refractivity (Wildman–Crippen MR) is 95.7 cm³/mol. The van der Waals surface area contributed by atoms with Crippen LogP contribution in [-0.2, 0) is 4.79 Å². The van der Waals surface area contributed by atoms with Gasteiger partial charge in [-0.2, -0.15) is 0 Å². The number of non-ortho nitro benzene ring substituents is 1. The summed E-state index contributed by atoms with van der Waals surface area (Å²) < 4.78 is 10.9. The van der Waals surface area contributed by atoms with E-state index in [1.54, 1.807) is 19.1 Å². The summed E-state index contributed by atoms with van der Waals surface area (Å²) in [4.78, 5) is 35.7. The highest BCUT2D eigenvalue weighted by Gasteiger charge is 2.34. The van der Waals surface area contributed by atoms with Gasteiger partial charge in [-0.1, -0.05) is 0 Å². The first-order valence-corrected chi connectivity index (χ1v) is 8.44. The zero-order chi connectivity index (χ0) is 18.8. The average Bonchev–Trinajstić information content (AvgIpc) is 3.19. The van der Waals surface area contributed by atoms with Crippen LogP contribution in [0.25, 0.3) is 17.4 Å². The fraction of sp³-hybridized carbons (Fsp3) is 0.176. The van der Waals surface area contributed by atoms with E-state index in [0.717, 1.165) is 16.7 Å². The van der Waals surface area contributed by atoms with E-state index in [2.05, 4.69) is 0 Å². The van der Waals surface area contributed by atoms with Crippen molar-refractivity contribution >= 4 is 34.7 Å². The first-order valence-electron chi connectivity index (χ1n) is 7.62. The minimum atomic E-state index is -0.510. The molecule has 0 unspecified atom stereocenters. The van der Waals surface area contributed by atoms with Gasteiger partial charge in [0.2, 0.25) is 0 Å². The molecule has 2 amide bonds. The van der Waals surface area contributed by atoms with Gasteiger partial charge in [-0.25, -0.2) is 0 Å². The van der Waals surface area contributed by atoms with Gasteiger partial charge in [0, 0.05) is 18.7 Å². The smallest absolute Gasteiger partial charge is 0.293 e. The maximum Gasteiger partial charge on any atom is 0.293 e. The molecule has 0 saturated carbocycles. The lowest BCUT2D eigenvalue weighted by Gasteiger charge is -2.06. The van der Waals surface area contributed by atoms with E-state index < -0.39 is 4.92 Å². The van der Waals surface area contributed by atoms with Crippen molar-refractivity contribution in [1.29, 1.82) is 0 Å². The van der Waals surface area contributed by atoms with E-state index >= 15 is 0 Å². The number of imide groups is 1. The molecule has 0 radical (unpaired) electrons. The molecule has 9 heteroatoms. The molecule has 1 aliphatic rings. The highest BCUT2D eigenvalue weighted by molar-refractivity contribution is 8.18. The second-order valence-electron chi connectivity index (χ2n) is 5.27. The number of rotatable bonds is 5. The van der Waals surface area contributed by atoms with Crippen LogP contribution in [0.2, 0.25) is 0 Å². The number of furan rings is 1. The van der Waals surface area contributed by atoms with E-state index in [-0.39, 0.29) is 21.7 Å². The maximum atomic E-state index is 12.1. The summed E-state index contributed by atoms with van der Waals surface area (Å²) in [7, 11) is 1.41. The van der Waals surface area contributed by atoms with Gasteiger partial charge in [-0.05, 0) is 36.9 Å². The number of hydrogen-bond acceptors (Lipinski definition) is 7. The van der Waals surface area contributed by atoms with Crippen LogP contribution in [0.5, 0.6) is 5.75 Å². The average molecular weight is 374 g/mol. The number of likely N-dealkylation sites (N-methyl/N-ethyl adjacent to an activating group) is 1. The van der Waals surface area contributed by atoms with Crippen molar-refractivity contribution in [2.75, 3.05) is 13.7 Å². The Kier molecular flexibility index (Phi) is 4.81. The lowest BCUT2D eigenvalue weighted by atomic mass is 10.1. The Morgan fingerprint density at radius 1 is 1.31 bits per heavy atom. The quantitative estimate of drug-likeness (QED) is 0.444. The fourth-order valence-electron chi connectivity index (χ4n) is 2.47. The summed E-state index contributed by atoms with van der Waals surface area (Å²) in [5.74, 6) is 0.763. The molecule has 1 aromatic heterocycles.